The van der Waals surface area contributed by atoms with Gasteiger partial charge in [-0.3, -0.25) is 14.6 Å². The van der Waals surface area contributed by atoms with Crippen molar-refractivity contribution in [2.75, 3.05) is 68.7 Å². The van der Waals surface area contributed by atoms with Crippen LogP contribution in [0.3, 0.4) is 0 Å². The highest BCUT2D eigenvalue weighted by molar-refractivity contribution is 9.10. The highest BCUT2D eigenvalue weighted by atomic mass is 79.9. The molecule has 0 aliphatic carbocycles. The zero-order valence-electron chi connectivity index (χ0n) is 29.1. The summed E-state index contributed by atoms with van der Waals surface area (Å²) in [5.74, 6) is 2.20. The molecule has 2 N–H and O–H groups in total. The number of anilines is 5. The second-order valence-electron chi connectivity index (χ2n) is 13.7. The number of ether oxygens (including phenoxy) is 1. The van der Waals surface area contributed by atoms with Crippen molar-refractivity contribution < 1.29 is 9.30 Å². The van der Waals surface area contributed by atoms with Gasteiger partial charge in [0.15, 0.2) is 0 Å². The summed E-state index contributed by atoms with van der Waals surface area (Å²) in [4.78, 5) is 28.3. The Morgan fingerprint density at radius 1 is 0.940 bits per heavy atom. The summed E-state index contributed by atoms with van der Waals surface area (Å²) in [6, 6.07) is 5.78. The van der Waals surface area contributed by atoms with Crippen molar-refractivity contribution in [1.82, 2.24) is 39.6 Å². The van der Waals surface area contributed by atoms with Gasteiger partial charge < -0.3 is 29.7 Å². The number of nitrogens with one attached hydrogen (secondary N) is 2. The van der Waals surface area contributed by atoms with Crippen LogP contribution >= 0.6 is 23.1 Å². The van der Waals surface area contributed by atoms with Crippen LogP contribution < -0.4 is 25.6 Å². The number of benzene rings is 1. The van der Waals surface area contributed by atoms with Gasteiger partial charge in [0.1, 0.15) is 30.0 Å². The molecule has 7 rings (SSSR count). The molecule has 0 unspecified atom stereocenters. The third kappa shape index (κ3) is 7.06. The Kier molecular flexibility index (Phi) is 9.53. The van der Waals surface area contributed by atoms with Crippen molar-refractivity contribution in [2.24, 2.45) is 12.5 Å². The van der Waals surface area contributed by atoms with Crippen LogP contribution in [0.1, 0.15) is 32.6 Å². The van der Waals surface area contributed by atoms with E-state index in [1.54, 1.807) is 36.6 Å². The molecule has 1 aromatic carbocycles. The first kappa shape index (κ1) is 34.3. The van der Waals surface area contributed by atoms with E-state index in [0.717, 1.165) is 42.9 Å². The molecular weight excluding hydrogens is 717 g/mol. The second kappa shape index (κ2) is 13.9. The third-order valence-corrected chi connectivity index (χ3v) is 11.9. The summed E-state index contributed by atoms with van der Waals surface area (Å²) in [6.07, 6.45) is 13.6. The van der Waals surface area contributed by atoms with E-state index < -0.39 is 7.14 Å². The van der Waals surface area contributed by atoms with Crippen LogP contribution in [0, 0.1) is 5.41 Å². The Hall–Kier alpha value is -4.13. The average Bonchev–Trinajstić information content (AvgIpc) is 3.54. The lowest BCUT2D eigenvalue weighted by Crippen LogP contribution is -2.46. The predicted molar refractivity (Wildman–Crippen MR) is 203 cm³/mol. The maximum absolute atomic E-state index is 13.5. The first-order valence-electron chi connectivity index (χ1n) is 17.0. The monoisotopic (exact) mass is 759 g/mol. The van der Waals surface area contributed by atoms with E-state index in [4.69, 9.17) is 14.7 Å². The molecule has 0 radical (unpaired) electrons. The molecular formula is C35H43BrN11O2P. The Labute approximate surface area is 300 Å². The second-order valence-corrected chi connectivity index (χ2v) is 17.7. The minimum atomic E-state index is -2.77. The number of piperidine rings is 2. The highest BCUT2D eigenvalue weighted by Crippen LogP contribution is 2.45. The highest BCUT2D eigenvalue weighted by Gasteiger charge is 2.38. The van der Waals surface area contributed by atoms with Gasteiger partial charge in [-0.2, -0.15) is 15.1 Å². The van der Waals surface area contributed by atoms with Crippen LogP contribution in [-0.4, -0.2) is 92.8 Å². The molecule has 5 aromatic rings. The van der Waals surface area contributed by atoms with Crippen LogP contribution in [-0.2, 0) is 11.6 Å². The number of aryl methyl sites for hydroxylation is 1. The summed E-state index contributed by atoms with van der Waals surface area (Å²) in [5, 5.41) is 11.9. The van der Waals surface area contributed by atoms with Crippen molar-refractivity contribution in [2.45, 2.75) is 32.6 Å². The number of likely N-dealkylation sites (tertiary alicyclic amines) is 1. The van der Waals surface area contributed by atoms with Crippen LogP contribution in [0.5, 0.6) is 5.88 Å². The lowest BCUT2D eigenvalue weighted by atomic mass is 9.71. The van der Waals surface area contributed by atoms with E-state index in [2.05, 4.69) is 69.5 Å². The molecule has 2 aliphatic rings. The lowest BCUT2D eigenvalue weighted by Gasteiger charge is -2.46. The Bertz CT molecular complexity index is 2070. The van der Waals surface area contributed by atoms with Crippen LogP contribution in [0.4, 0.5) is 29.0 Å². The molecule has 2 fully saturated rings. The van der Waals surface area contributed by atoms with Gasteiger partial charge in [-0.05, 0) is 106 Å². The van der Waals surface area contributed by atoms with Gasteiger partial charge in [0.25, 0.3) is 0 Å². The summed E-state index contributed by atoms with van der Waals surface area (Å²) < 4.78 is 22.1. The number of hydrogen-bond acceptors (Lipinski definition) is 12. The molecule has 15 heteroatoms. The van der Waals surface area contributed by atoms with Crippen molar-refractivity contribution in [3.05, 3.63) is 53.7 Å². The molecule has 1 spiro atoms. The van der Waals surface area contributed by atoms with E-state index in [-0.39, 0.29) is 0 Å². The number of pyridine rings is 1. The van der Waals surface area contributed by atoms with Crippen LogP contribution in [0.2, 0.25) is 0 Å². The lowest BCUT2D eigenvalue weighted by molar-refractivity contribution is 0.0943. The van der Waals surface area contributed by atoms with Gasteiger partial charge in [-0.25, -0.2) is 4.98 Å². The summed E-state index contributed by atoms with van der Waals surface area (Å²) in [7, 11) is 1.37. The fraction of sp³-hybridized carbons (Fsp3) is 0.429. The number of halogens is 1. The third-order valence-electron chi connectivity index (χ3n) is 9.83. The summed E-state index contributed by atoms with van der Waals surface area (Å²) >= 11 is 3.60. The number of nitrogens with zero attached hydrogens (tertiary/aromatic N) is 9. The summed E-state index contributed by atoms with van der Waals surface area (Å²) in [6.45, 7) is 10.1. The molecule has 0 saturated carbocycles. The first-order chi connectivity index (χ1) is 24.0. The molecule has 13 nitrogen and oxygen atoms in total. The molecule has 0 amide bonds. The van der Waals surface area contributed by atoms with E-state index in [1.165, 1.54) is 25.9 Å². The van der Waals surface area contributed by atoms with Gasteiger partial charge in [0.05, 0.1) is 33.8 Å². The minimum absolute atomic E-state index is 0.337. The molecule has 4 aromatic heterocycles. The molecule has 6 heterocycles. The maximum Gasteiger partial charge on any atom is 0.239 e. The predicted octanol–water partition coefficient (Wildman–Crippen LogP) is 6.42. The van der Waals surface area contributed by atoms with Crippen molar-refractivity contribution in [1.29, 1.82) is 0 Å². The van der Waals surface area contributed by atoms with E-state index in [9.17, 15) is 4.57 Å². The standard InChI is InChI=1S/C35H43BrN11O2P/c1-6-49-33-28(19-24(23-20-40-46(3)22-23)32(44-33)47-17-11-35(12-18-47)9-15-45(2)16-10-35)42-34-39-21-25(36)31(43-34)41-27-8-7-26-29(38-14-13-37-26)30(27)50(4,5)48/h7-8,13-14,19-22H,6,9-12,15-18H2,1-5H3,(H2,39,41,42,43). The smallest absolute Gasteiger partial charge is 0.239 e. The Morgan fingerprint density at radius 3 is 2.38 bits per heavy atom. The maximum atomic E-state index is 13.5. The number of aromatic nitrogens is 7. The molecule has 2 aliphatic heterocycles. The molecule has 2 saturated heterocycles. The topological polar surface area (TPSA) is 139 Å². The Balaban J connectivity index is 1.22. The van der Waals surface area contributed by atoms with Crippen molar-refractivity contribution in [3.63, 3.8) is 0 Å². The van der Waals surface area contributed by atoms with E-state index >= 15 is 0 Å². The largest absolute Gasteiger partial charge is 0.476 e. The quantitative estimate of drug-likeness (QED) is 0.160. The number of hydrogen-bond donors (Lipinski definition) is 2. The fourth-order valence-electron chi connectivity index (χ4n) is 7.05. The van der Waals surface area contributed by atoms with E-state index in [1.807, 2.05) is 38.5 Å². The van der Waals surface area contributed by atoms with Crippen LogP contribution in [0.15, 0.2) is 53.7 Å². The van der Waals surface area contributed by atoms with Gasteiger partial charge >= 0.3 is 0 Å². The fourth-order valence-corrected chi connectivity index (χ4v) is 8.74. The first-order valence-corrected chi connectivity index (χ1v) is 20.4. The number of rotatable bonds is 9. The molecule has 0 atom stereocenters. The zero-order chi connectivity index (χ0) is 35.0. The molecule has 50 heavy (non-hydrogen) atoms. The Morgan fingerprint density at radius 2 is 1.68 bits per heavy atom. The van der Waals surface area contributed by atoms with E-state index in [0.29, 0.717) is 61.9 Å². The zero-order valence-corrected chi connectivity index (χ0v) is 31.6. The molecule has 262 valence electrons. The summed E-state index contributed by atoms with van der Waals surface area (Å²) in [5.41, 5.74) is 4.90. The van der Waals surface area contributed by atoms with Gasteiger partial charge in [-0.15, -0.1) is 0 Å². The van der Waals surface area contributed by atoms with Crippen LogP contribution in [0.25, 0.3) is 22.2 Å². The molecule has 0 bridgehead atoms. The normalized spacial score (nSPS) is 16.6. The number of fused-ring (bicyclic) bond motifs is 1. The van der Waals surface area contributed by atoms with Gasteiger partial charge in [0, 0.05) is 56.1 Å². The van der Waals surface area contributed by atoms with Crippen molar-refractivity contribution >= 4 is 68.4 Å². The van der Waals surface area contributed by atoms with Gasteiger partial charge in [0.2, 0.25) is 11.8 Å². The van der Waals surface area contributed by atoms with Crippen molar-refractivity contribution in [3.8, 4) is 17.0 Å². The SMILES string of the molecule is CCOc1nc(N2CCC3(CCN(C)CC3)CC2)c(-c2cnn(C)c2)cc1Nc1ncc(Br)c(Nc2ccc3nccnc3c2P(C)(C)=O)n1. The average molecular weight is 761 g/mol. The minimum Gasteiger partial charge on any atom is -0.476 e. The van der Waals surface area contributed by atoms with Gasteiger partial charge in [-0.1, -0.05) is 0 Å².